The maximum atomic E-state index is 12.7. The van der Waals surface area contributed by atoms with Crippen molar-refractivity contribution in [3.8, 4) is 5.75 Å². The molecule has 1 aromatic carbocycles. The Balaban J connectivity index is 1.65. The molecule has 0 aromatic heterocycles. The Morgan fingerprint density at radius 1 is 1.18 bits per heavy atom. The zero-order valence-electron chi connectivity index (χ0n) is 15.9. The number of allylic oxidation sites excluding steroid dienone is 2. The molecule has 4 atom stereocenters. The molecule has 4 rings (SSSR count). The third kappa shape index (κ3) is 2.89. The van der Waals surface area contributed by atoms with Gasteiger partial charge in [0, 0.05) is 11.6 Å². The van der Waals surface area contributed by atoms with Gasteiger partial charge < -0.3 is 4.74 Å². The second kappa shape index (κ2) is 6.25. The molecule has 0 radical (unpaired) electrons. The average molecular weight is 383 g/mol. The highest BCUT2D eigenvalue weighted by Crippen LogP contribution is 2.52. The summed E-state index contributed by atoms with van der Waals surface area (Å²) in [5.41, 5.74) is -0.532. The lowest BCUT2D eigenvalue weighted by atomic mass is 9.85. The molecule has 1 aliphatic heterocycles. The Bertz CT molecular complexity index is 900. The number of nitrogens with zero attached hydrogens (tertiary/aromatic N) is 3. The first-order valence-corrected chi connectivity index (χ1v) is 9.24. The predicted molar refractivity (Wildman–Crippen MR) is 101 cm³/mol. The summed E-state index contributed by atoms with van der Waals surface area (Å²) >= 11 is 0. The fourth-order valence-electron chi connectivity index (χ4n) is 4.33. The quantitative estimate of drug-likeness (QED) is 0.261. The number of nitro groups is 1. The van der Waals surface area contributed by atoms with Gasteiger partial charge in [0.05, 0.1) is 23.0 Å². The number of carbonyl (C=O) groups is 2. The van der Waals surface area contributed by atoms with E-state index in [0.29, 0.717) is 5.56 Å². The van der Waals surface area contributed by atoms with Crippen LogP contribution < -0.4 is 4.74 Å². The number of amides is 2. The van der Waals surface area contributed by atoms with Crippen LogP contribution in [0.4, 0.5) is 5.69 Å². The number of fused-ring (bicyclic) bond motifs is 5. The first-order valence-electron chi connectivity index (χ1n) is 9.24. The number of nitro benzene ring substituents is 1. The van der Waals surface area contributed by atoms with Gasteiger partial charge in [0.1, 0.15) is 5.60 Å². The van der Waals surface area contributed by atoms with Gasteiger partial charge in [-0.25, -0.2) is 0 Å². The van der Waals surface area contributed by atoms with Crippen molar-refractivity contribution in [2.75, 3.05) is 0 Å². The zero-order valence-corrected chi connectivity index (χ0v) is 15.9. The molecule has 8 nitrogen and oxygen atoms in total. The molecule has 2 fully saturated rings. The van der Waals surface area contributed by atoms with Crippen molar-refractivity contribution in [3.05, 3.63) is 46.0 Å². The van der Waals surface area contributed by atoms with Crippen LogP contribution >= 0.6 is 0 Å². The lowest BCUT2D eigenvalue weighted by Crippen LogP contribution is -2.28. The second-order valence-corrected chi connectivity index (χ2v) is 8.40. The van der Waals surface area contributed by atoms with E-state index in [0.717, 1.165) is 11.4 Å². The third-order valence-electron chi connectivity index (χ3n) is 5.39. The van der Waals surface area contributed by atoms with Crippen LogP contribution in [0, 0.1) is 33.8 Å². The molecule has 0 spiro atoms. The van der Waals surface area contributed by atoms with Crippen molar-refractivity contribution < 1.29 is 19.2 Å². The van der Waals surface area contributed by atoms with Crippen LogP contribution in [-0.4, -0.2) is 33.6 Å². The lowest BCUT2D eigenvalue weighted by molar-refractivity contribution is -0.386. The van der Waals surface area contributed by atoms with Gasteiger partial charge in [-0.3, -0.25) is 19.7 Å². The Kier molecular flexibility index (Phi) is 4.10. The molecule has 2 bridgehead atoms. The number of hydrogen-bond acceptors (Lipinski definition) is 6. The second-order valence-electron chi connectivity index (χ2n) is 8.40. The van der Waals surface area contributed by atoms with E-state index >= 15 is 0 Å². The molecule has 1 saturated heterocycles. The van der Waals surface area contributed by atoms with Crippen LogP contribution in [0.5, 0.6) is 5.75 Å². The number of para-hydroxylation sites is 1. The molecular formula is C20H21N3O5. The maximum Gasteiger partial charge on any atom is 0.311 e. The van der Waals surface area contributed by atoms with Crippen molar-refractivity contribution in [3.63, 3.8) is 0 Å². The molecule has 3 aliphatic rings. The van der Waals surface area contributed by atoms with Gasteiger partial charge in [0.25, 0.3) is 11.8 Å². The number of benzene rings is 1. The third-order valence-corrected chi connectivity index (χ3v) is 5.39. The van der Waals surface area contributed by atoms with Crippen LogP contribution in [0.1, 0.15) is 32.8 Å². The summed E-state index contributed by atoms with van der Waals surface area (Å²) in [5.74, 6) is -1.01. The predicted octanol–water partition coefficient (Wildman–Crippen LogP) is 2.91. The van der Waals surface area contributed by atoms with Crippen molar-refractivity contribution in [1.82, 2.24) is 5.01 Å². The van der Waals surface area contributed by atoms with Crippen LogP contribution in [0.3, 0.4) is 0 Å². The van der Waals surface area contributed by atoms with E-state index in [1.807, 2.05) is 12.2 Å². The minimum Gasteiger partial charge on any atom is -0.481 e. The Labute approximate surface area is 162 Å². The fraction of sp³-hybridized carbons (Fsp3) is 0.450. The first kappa shape index (κ1) is 18.3. The van der Waals surface area contributed by atoms with E-state index in [2.05, 4.69) is 5.10 Å². The van der Waals surface area contributed by atoms with E-state index in [-0.39, 0.29) is 46.9 Å². The Hall–Kier alpha value is -3.03. The molecule has 2 aliphatic carbocycles. The number of rotatable bonds is 4. The molecule has 2 amide bonds. The molecule has 1 heterocycles. The van der Waals surface area contributed by atoms with Gasteiger partial charge in [0.2, 0.25) is 5.75 Å². The summed E-state index contributed by atoms with van der Waals surface area (Å²) in [6.07, 6.45) is 6.17. The molecule has 4 unspecified atom stereocenters. The molecule has 8 heteroatoms. The van der Waals surface area contributed by atoms with Gasteiger partial charge >= 0.3 is 5.69 Å². The molecule has 146 valence electrons. The molecule has 0 N–H and O–H groups in total. The van der Waals surface area contributed by atoms with Gasteiger partial charge in [-0.2, -0.15) is 10.1 Å². The summed E-state index contributed by atoms with van der Waals surface area (Å²) in [4.78, 5) is 36.3. The standard InChI is InChI=1S/C20H21N3O5/c1-20(2,3)28-17-13(5-4-6-14(17)23(26)27)10-21-22-18(24)15-11-7-8-12(9-11)16(15)19(22)25/h4-8,10-12,15-16H,9H2,1-3H3. The average Bonchev–Trinajstić information content (AvgIpc) is 3.27. The highest BCUT2D eigenvalue weighted by atomic mass is 16.6. The van der Waals surface area contributed by atoms with E-state index in [1.165, 1.54) is 18.3 Å². The molecule has 28 heavy (non-hydrogen) atoms. The number of hydrazone groups is 1. The highest BCUT2D eigenvalue weighted by molar-refractivity contribution is 6.07. The van der Waals surface area contributed by atoms with Crippen molar-refractivity contribution in [2.45, 2.75) is 32.8 Å². The maximum absolute atomic E-state index is 12.7. The van der Waals surface area contributed by atoms with E-state index < -0.39 is 10.5 Å². The van der Waals surface area contributed by atoms with Crippen molar-refractivity contribution >= 4 is 23.7 Å². The molecular weight excluding hydrogens is 362 g/mol. The molecule has 1 saturated carbocycles. The Morgan fingerprint density at radius 3 is 2.32 bits per heavy atom. The summed E-state index contributed by atoms with van der Waals surface area (Å²) in [6.45, 7) is 5.34. The largest absolute Gasteiger partial charge is 0.481 e. The minimum absolute atomic E-state index is 0.0600. The van der Waals surface area contributed by atoms with Crippen molar-refractivity contribution in [1.29, 1.82) is 0 Å². The number of imide groups is 1. The number of ether oxygens (including phenoxy) is 1. The number of carbonyl (C=O) groups excluding carboxylic acids is 2. The molecule has 1 aromatic rings. The van der Waals surface area contributed by atoms with Gasteiger partial charge in [-0.1, -0.05) is 18.2 Å². The topological polar surface area (TPSA) is 102 Å². The highest BCUT2D eigenvalue weighted by Gasteiger charge is 2.59. The van der Waals surface area contributed by atoms with Gasteiger partial charge in [-0.15, -0.1) is 0 Å². The van der Waals surface area contributed by atoms with Crippen LogP contribution in [0.2, 0.25) is 0 Å². The first-order chi connectivity index (χ1) is 13.2. The van der Waals surface area contributed by atoms with Crippen LogP contribution in [0.25, 0.3) is 0 Å². The SMILES string of the molecule is CC(C)(C)Oc1c(C=NN2C(=O)C3C4C=CC(C4)C3C2=O)cccc1[N+](=O)[O-]. The minimum atomic E-state index is -0.671. The summed E-state index contributed by atoms with van der Waals surface area (Å²) in [5, 5.41) is 16.4. The number of hydrogen-bond donors (Lipinski definition) is 0. The van der Waals surface area contributed by atoms with E-state index in [1.54, 1.807) is 26.8 Å². The van der Waals surface area contributed by atoms with E-state index in [9.17, 15) is 19.7 Å². The summed E-state index contributed by atoms with van der Waals surface area (Å²) in [6, 6.07) is 4.47. The Morgan fingerprint density at radius 2 is 1.79 bits per heavy atom. The van der Waals surface area contributed by atoms with Crippen LogP contribution in [0.15, 0.2) is 35.5 Å². The monoisotopic (exact) mass is 383 g/mol. The fourth-order valence-corrected chi connectivity index (χ4v) is 4.33. The summed E-state index contributed by atoms with van der Waals surface area (Å²) < 4.78 is 5.78. The van der Waals surface area contributed by atoms with Gasteiger partial charge in [0.15, 0.2) is 0 Å². The van der Waals surface area contributed by atoms with Crippen LogP contribution in [-0.2, 0) is 9.59 Å². The van der Waals surface area contributed by atoms with Gasteiger partial charge in [-0.05, 0) is 45.1 Å². The summed E-state index contributed by atoms with van der Waals surface area (Å²) in [7, 11) is 0. The normalized spacial score (nSPS) is 28.5. The smallest absolute Gasteiger partial charge is 0.311 e. The zero-order chi connectivity index (χ0) is 20.2. The van der Waals surface area contributed by atoms with E-state index in [4.69, 9.17) is 4.74 Å². The van der Waals surface area contributed by atoms with Crippen molar-refractivity contribution in [2.24, 2.45) is 28.8 Å². The lowest BCUT2D eigenvalue weighted by Gasteiger charge is -2.22.